The van der Waals surface area contributed by atoms with E-state index in [-0.39, 0.29) is 11.6 Å². The zero-order valence-electron chi connectivity index (χ0n) is 11.9. The molecule has 2 rings (SSSR count). The lowest BCUT2D eigenvalue weighted by molar-refractivity contribution is -0.137. The van der Waals surface area contributed by atoms with Crippen molar-refractivity contribution in [3.8, 4) is 0 Å². The number of likely N-dealkylation sites (N-methyl/N-ethyl adjacent to an activating group) is 1. The molecule has 21 heavy (non-hydrogen) atoms. The lowest BCUT2D eigenvalue weighted by atomic mass is 10.1. The van der Waals surface area contributed by atoms with Crippen molar-refractivity contribution in [1.29, 1.82) is 0 Å². The maximum absolute atomic E-state index is 12.9. The third-order valence-corrected chi connectivity index (χ3v) is 3.88. The molecule has 1 fully saturated rings. The Morgan fingerprint density at radius 1 is 1.38 bits per heavy atom. The van der Waals surface area contributed by atoms with Gasteiger partial charge < -0.3 is 5.32 Å². The summed E-state index contributed by atoms with van der Waals surface area (Å²) in [5.41, 5.74) is -1.20. The van der Waals surface area contributed by atoms with Gasteiger partial charge >= 0.3 is 6.18 Å². The van der Waals surface area contributed by atoms with Crippen LogP contribution in [-0.4, -0.2) is 36.5 Å². The number of nitrogens with zero attached hydrogens (tertiary/aromatic N) is 1. The molecule has 6 heteroatoms. The molecule has 0 aromatic heterocycles. The molecule has 0 bridgehead atoms. The average molecular weight is 300 g/mol. The number of hydrogen-bond acceptors (Lipinski definition) is 2. The van der Waals surface area contributed by atoms with E-state index in [1.54, 1.807) is 0 Å². The van der Waals surface area contributed by atoms with E-state index in [4.69, 9.17) is 0 Å². The fraction of sp³-hybridized carbons (Fsp3) is 0.533. The number of carbonyl (C=O) groups is 1. The van der Waals surface area contributed by atoms with Crippen LogP contribution in [0.15, 0.2) is 24.3 Å². The van der Waals surface area contributed by atoms with Crippen LogP contribution in [0.1, 0.15) is 35.7 Å². The Morgan fingerprint density at radius 3 is 2.76 bits per heavy atom. The van der Waals surface area contributed by atoms with Crippen LogP contribution >= 0.6 is 0 Å². The minimum Gasteiger partial charge on any atom is -0.350 e. The molecule has 1 aromatic rings. The highest BCUT2D eigenvalue weighted by Crippen LogP contribution is 2.31. The van der Waals surface area contributed by atoms with Crippen molar-refractivity contribution < 1.29 is 18.0 Å². The van der Waals surface area contributed by atoms with Crippen LogP contribution in [0, 0.1) is 0 Å². The van der Waals surface area contributed by atoms with Gasteiger partial charge in [0.05, 0.1) is 11.1 Å². The third kappa shape index (κ3) is 3.75. The first-order valence-corrected chi connectivity index (χ1v) is 7.12. The molecule has 1 atom stereocenters. The van der Waals surface area contributed by atoms with Gasteiger partial charge in [0.15, 0.2) is 0 Å². The highest BCUT2D eigenvalue weighted by molar-refractivity contribution is 5.95. The number of benzene rings is 1. The van der Waals surface area contributed by atoms with E-state index in [9.17, 15) is 18.0 Å². The fourth-order valence-electron chi connectivity index (χ4n) is 2.78. The van der Waals surface area contributed by atoms with Crippen molar-refractivity contribution in [2.24, 2.45) is 0 Å². The summed E-state index contributed by atoms with van der Waals surface area (Å²) < 4.78 is 38.6. The van der Waals surface area contributed by atoms with Gasteiger partial charge in [0.25, 0.3) is 5.91 Å². The Labute approximate surface area is 122 Å². The molecule has 3 nitrogen and oxygen atoms in total. The minimum absolute atomic E-state index is 0.219. The SMILES string of the molecule is CCN1CCC[C@H]1CNC(=O)c1ccccc1C(F)(F)F. The van der Waals surface area contributed by atoms with E-state index >= 15 is 0 Å². The van der Waals surface area contributed by atoms with Gasteiger partial charge in [-0.2, -0.15) is 13.2 Å². The van der Waals surface area contributed by atoms with Gasteiger partial charge in [0.1, 0.15) is 0 Å². The topological polar surface area (TPSA) is 32.3 Å². The second kappa shape index (κ2) is 6.47. The van der Waals surface area contributed by atoms with Crippen LogP contribution in [0.5, 0.6) is 0 Å². The van der Waals surface area contributed by atoms with Gasteiger partial charge in [0, 0.05) is 12.6 Å². The number of halogens is 3. The summed E-state index contributed by atoms with van der Waals surface area (Å²) in [6.07, 6.45) is -2.49. The molecule has 1 aromatic carbocycles. The molecule has 1 saturated heterocycles. The van der Waals surface area contributed by atoms with Gasteiger partial charge in [-0.1, -0.05) is 19.1 Å². The maximum atomic E-state index is 12.9. The van der Waals surface area contributed by atoms with Gasteiger partial charge in [-0.3, -0.25) is 9.69 Å². The second-order valence-electron chi connectivity index (χ2n) is 5.18. The number of carbonyl (C=O) groups excluding carboxylic acids is 1. The fourth-order valence-corrected chi connectivity index (χ4v) is 2.78. The second-order valence-corrected chi connectivity index (χ2v) is 5.18. The van der Waals surface area contributed by atoms with Crippen molar-refractivity contribution in [3.63, 3.8) is 0 Å². The number of rotatable bonds is 4. The lowest BCUT2D eigenvalue weighted by Gasteiger charge is -2.23. The average Bonchev–Trinajstić information content (AvgIpc) is 2.91. The normalized spacial score (nSPS) is 19.7. The molecule has 0 aliphatic carbocycles. The summed E-state index contributed by atoms with van der Waals surface area (Å²) in [7, 11) is 0. The first kappa shape index (κ1) is 15.8. The van der Waals surface area contributed by atoms with Crippen molar-refractivity contribution in [3.05, 3.63) is 35.4 Å². The smallest absolute Gasteiger partial charge is 0.350 e. The van der Waals surface area contributed by atoms with Crippen LogP contribution < -0.4 is 5.32 Å². The Hall–Kier alpha value is -1.56. The Kier molecular flexibility index (Phi) is 4.88. The van der Waals surface area contributed by atoms with E-state index < -0.39 is 17.6 Å². The largest absolute Gasteiger partial charge is 0.417 e. The highest BCUT2D eigenvalue weighted by Gasteiger charge is 2.35. The Balaban J connectivity index is 2.04. The number of alkyl halides is 3. The van der Waals surface area contributed by atoms with Gasteiger partial charge in [-0.25, -0.2) is 0 Å². The van der Waals surface area contributed by atoms with E-state index in [1.165, 1.54) is 18.2 Å². The highest BCUT2D eigenvalue weighted by atomic mass is 19.4. The van der Waals surface area contributed by atoms with Crippen molar-refractivity contribution >= 4 is 5.91 Å². The number of hydrogen-bond donors (Lipinski definition) is 1. The summed E-state index contributed by atoms with van der Waals surface area (Å²) >= 11 is 0. The molecular weight excluding hydrogens is 281 g/mol. The van der Waals surface area contributed by atoms with Crippen LogP contribution in [0.2, 0.25) is 0 Å². The summed E-state index contributed by atoms with van der Waals surface area (Å²) in [6.45, 7) is 4.30. The predicted octanol–water partition coefficient (Wildman–Crippen LogP) is 2.92. The molecule has 0 spiro atoms. The third-order valence-electron chi connectivity index (χ3n) is 3.88. The summed E-state index contributed by atoms with van der Waals surface area (Å²) in [6, 6.07) is 5.10. The predicted molar refractivity (Wildman–Crippen MR) is 74.0 cm³/mol. The molecule has 0 saturated carbocycles. The molecule has 0 radical (unpaired) electrons. The summed E-state index contributed by atoms with van der Waals surface area (Å²) in [4.78, 5) is 14.3. The van der Waals surface area contributed by atoms with E-state index in [0.717, 1.165) is 32.0 Å². The van der Waals surface area contributed by atoms with Gasteiger partial charge in [-0.05, 0) is 38.1 Å². The number of amides is 1. The van der Waals surface area contributed by atoms with Crippen LogP contribution in [0.3, 0.4) is 0 Å². The van der Waals surface area contributed by atoms with E-state index in [1.807, 2.05) is 6.92 Å². The van der Waals surface area contributed by atoms with E-state index in [0.29, 0.717) is 6.54 Å². The zero-order chi connectivity index (χ0) is 15.5. The minimum atomic E-state index is -4.52. The molecule has 1 aliphatic rings. The van der Waals surface area contributed by atoms with Crippen LogP contribution in [0.25, 0.3) is 0 Å². The molecule has 1 aliphatic heterocycles. The molecule has 1 heterocycles. The first-order chi connectivity index (χ1) is 9.93. The standard InChI is InChI=1S/C15H19F3N2O/c1-2-20-9-5-6-11(20)10-19-14(21)12-7-3-4-8-13(12)15(16,17)18/h3-4,7-8,11H,2,5-6,9-10H2,1H3,(H,19,21)/t11-/m0/s1. The monoisotopic (exact) mass is 300 g/mol. The zero-order valence-corrected chi connectivity index (χ0v) is 11.9. The van der Waals surface area contributed by atoms with Gasteiger partial charge in [0.2, 0.25) is 0 Å². The molecule has 1 amide bonds. The van der Waals surface area contributed by atoms with Crippen LogP contribution in [-0.2, 0) is 6.18 Å². The first-order valence-electron chi connectivity index (χ1n) is 7.12. The quantitative estimate of drug-likeness (QED) is 0.927. The van der Waals surface area contributed by atoms with Crippen molar-refractivity contribution in [2.45, 2.75) is 32.0 Å². The van der Waals surface area contributed by atoms with Gasteiger partial charge in [-0.15, -0.1) is 0 Å². The number of likely N-dealkylation sites (tertiary alicyclic amines) is 1. The van der Waals surface area contributed by atoms with E-state index in [2.05, 4.69) is 10.2 Å². The van der Waals surface area contributed by atoms with Crippen molar-refractivity contribution in [2.75, 3.05) is 19.6 Å². The Bertz CT molecular complexity index is 502. The Morgan fingerprint density at radius 2 is 2.10 bits per heavy atom. The molecule has 116 valence electrons. The number of nitrogens with one attached hydrogen (secondary N) is 1. The lowest BCUT2D eigenvalue weighted by Crippen LogP contribution is -2.40. The molecule has 1 N–H and O–H groups in total. The molecular formula is C15H19F3N2O. The van der Waals surface area contributed by atoms with Crippen LogP contribution in [0.4, 0.5) is 13.2 Å². The maximum Gasteiger partial charge on any atom is 0.417 e. The van der Waals surface area contributed by atoms with Crippen molar-refractivity contribution in [1.82, 2.24) is 10.2 Å². The summed E-state index contributed by atoms with van der Waals surface area (Å²) in [5.74, 6) is -0.661. The molecule has 0 unspecified atom stereocenters. The summed E-state index contributed by atoms with van der Waals surface area (Å²) in [5, 5.41) is 2.64.